The largest absolute Gasteiger partial charge is 0.455 e. The van der Waals surface area contributed by atoms with Crippen molar-refractivity contribution in [2.24, 2.45) is 0 Å². The van der Waals surface area contributed by atoms with Crippen LogP contribution < -0.4 is 10.2 Å². The molecular formula is C27H34N4O6. The molecule has 1 aromatic heterocycles. The van der Waals surface area contributed by atoms with E-state index in [1.807, 2.05) is 6.07 Å². The van der Waals surface area contributed by atoms with E-state index in [2.05, 4.69) is 10.3 Å². The number of amides is 3. The summed E-state index contributed by atoms with van der Waals surface area (Å²) in [6, 6.07) is 4.17. The van der Waals surface area contributed by atoms with E-state index in [-0.39, 0.29) is 11.6 Å². The molecule has 3 amide bonds. The van der Waals surface area contributed by atoms with Crippen LogP contribution in [0.1, 0.15) is 60.8 Å². The molecule has 0 bridgehead atoms. The number of anilines is 1. The zero-order chi connectivity index (χ0) is 27.1. The van der Waals surface area contributed by atoms with Crippen LogP contribution in [0.5, 0.6) is 0 Å². The van der Waals surface area contributed by atoms with Crippen molar-refractivity contribution >= 4 is 29.7 Å². The molecule has 4 heterocycles. The fourth-order valence-corrected chi connectivity index (χ4v) is 4.67. The first-order chi connectivity index (χ1) is 17.2. The van der Waals surface area contributed by atoms with Crippen LogP contribution in [-0.2, 0) is 23.9 Å². The molecule has 0 aromatic carbocycles. The van der Waals surface area contributed by atoms with Crippen molar-refractivity contribution < 1.29 is 28.7 Å². The van der Waals surface area contributed by atoms with E-state index in [0.717, 1.165) is 0 Å². The molecule has 198 valence electrons. The fourth-order valence-electron chi connectivity index (χ4n) is 4.67. The maximum Gasteiger partial charge on any atom is 0.408 e. The number of ether oxygens (including phenoxy) is 2. The van der Waals surface area contributed by atoms with Gasteiger partial charge >= 0.3 is 12.1 Å². The Balaban J connectivity index is 1.62. The minimum atomic E-state index is -0.797. The third kappa shape index (κ3) is 5.68. The predicted molar refractivity (Wildman–Crippen MR) is 135 cm³/mol. The second kappa shape index (κ2) is 9.64. The maximum atomic E-state index is 13.3. The van der Waals surface area contributed by atoms with Crippen molar-refractivity contribution in [1.82, 2.24) is 15.2 Å². The number of hydrogen-bond donors (Lipinski definition) is 1. The number of hydrogen-bond acceptors (Lipinski definition) is 7. The SMILES string of the molecule is CC(C)(C)OC(=O)N[C@@H]1C(=O)N2C(C(=O)OC(C)(C)C)=C(/C=C3\CCN(c4ccccn4)C3=O)CC[C@H]12. The number of rotatable bonds is 4. The number of carbonyl (C=O) groups is 4. The molecule has 0 aliphatic carbocycles. The van der Waals surface area contributed by atoms with Gasteiger partial charge in [-0.1, -0.05) is 6.07 Å². The topological polar surface area (TPSA) is 118 Å². The van der Waals surface area contributed by atoms with Crippen LogP contribution in [0.25, 0.3) is 0 Å². The Morgan fingerprint density at radius 3 is 2.38 bits per heavy atom. The number of allylic oxidation sites excluding steroid dienone is 2. The summed E-state index contributed by atoms with van der Waals surface area (Å²) in [7, 11) is 0. The molecular weight excluding hydrogens is 476 g/mol. The standard InChI is InChI=1S/C27H34N4O6/c1-26(2,3)36-24(34)21-16(15-17-12-14-30(22(17)32)19-9-7-8-13-28-19)10-11-18-20(23(33)31(18)21)29-25(35)37-27(4,5)6/h7-9,13,15,18,20H,10-12,14H2,1-6H3,(H,29,35)/b17-15+/t18-,20+/m1/s1. The van der Waals surface area contributed by atoms with Crippen LogP contribution in [0.4, 0.5) is 10.6 Å². The lowest BCUT2D eigenvalue weighted by atomic mass is 9.83. The zero-order valence-corrected chi connectivity index (χ0v) is 22.2. The Bertz CT molecular complexity index is 1180. The monoisotopic (exact) mass is 510 g/mol. The van der Waals surface area contributed by atoms with Crippen LogP contribution in [-0.4, -0.2) is 63.6 Å². The van der Waals surface area contributed by atoms with E-state index >= 15 is 0 Å². The summed E-state index contributed by atoms with van der Waals surface area (Å²) in [5.41, 5.74) is -0.260. The molecule has 37 heavy (non-hydrogen) atoms. The zero-order valence-electron chi connectivity index (χ0n) is 22.2. The van der Waals surface area contributed by atoms with E-state index in [1.54, 1.807) is 70.8 Å². The van der Waals surface area contributed by atoms with Gasteiger partial charge in [-0.15, -0.1) is 0 Å². The molecule has 10 heteroatoms. The van der Waals surface area contributed by atoms with Crippen LogP contribution >= 0.6 is 0 Å². The third-order valence-electron chi connectivity index (χ3n) is 6.14. The lowest BCUT2D eigenvalue weighted by Crippen LogP contribution is -2.72. The number of alkyl carbamates (subject to hydrolysis) is 1. The van der Waals surface area contributed by atoms with Gasteiger partial charge in [0.15, 0.2) is 0 Å². The van der Waals surface area contributed by atoms with Gasteiger partial charge in [-0.2, -0.15) is 0 Å². The second-order valence-corrected chi connectivity index (χ2v) is 11.4. The van der Waals surface area contributed by atoms with Crippen molar-refractivity contribution in [3.63, 3.8) is 0 Å². The summed E-state index contributed by atoms with van der Waals surface area (Å²) in [6.45, 7) is 10.9. The molecule has 2 fully saturated rings. The van der Waals surface area contributed by atoms with Gasteiger partial charge in [-0.3, -0.25) is 19.4 Å². The average Bonchev–Trinajstić information content (AvgIpc) is 3.15. The number of carbonyl (C=O) groups excluding carboxylic acids is 4. The first kappa shape index (κ1) is 26.4. The van der Waals surface area contributed by atoms with Gasteiger partial charge in [0, 0.05) is 18.3 Å². The Kier molecular flexibility index (Phi) is 6.87. The van der Waals surface area contributed by atoms with E-state index in [1.165, 1.54) is 4.90 Å². The summed E-state index contributed by atoms with van der Waals surface area (Å²) in [4.78, 5) is 59.2. The summed E-state index contributed by atoms with van der Waals surface area (Å²) in [5, 5.41) is 2.64. The molecule has 1 aromatic rings. The average molecular weight is 511 g/mol. The van der Waals surface area contributed by atoms with Crippen LogP contribution in [0.2, 0.25) is 0 Å². The first-order valence-corrected chi connectivity index (χ1v) is 12.5. The Hall–Kier alpha value is -3.69. The van der Waals surface area contributed by atoms with Gasteiger partial charge in [0.1, 0.15) is 28.8 Å². The molecule has 1 N–H and O–H groups in total. The lowest BCUT2D eigenvalue weighted by Gasteiger charge is -2.50. The van der Waals surface area contributed by atoms with Gasteiger partial charge in [0.25, 0.3) is 11.8 Å². The smallest absolute Gasteiger partial charge is 0.408 e. The highest BCUT2D eigenvalue weighted by Crippen LogP contribution is 2.39. The fraction of sp³-hybridized carbons (Fsp3) is 0.519. The number of pyridine rings is 1. The molecule has 0 radical (unpaired) electrons. The van der Waals surface area contributed by atoms with Crippen molar-refractivity contribution in [3.05, 3.63) is 47.3 Å². The van der Waals surface area contributed by atoms with Gasteiger partial charge < -0.3 is 14.8 Å². The van der Waals surface area contributed by atoms with Crippen LogP contribution in [0.15, 0.2) is 47.3 Å². The van der Waals surface area contributed by atoms with Crippen LogP contribution in [0.3, 0.4) is 0 Å². The molecule has 2 saturated heterocycles. The highest BCUT2D eigenvalue weighted by molar-refractivity contribution is 6.08. The van der Waals surface area contributed by atoms with Crippen molar-refractivity contribution in [2.45, 2.75) is 84.1 Å². The number of esters is 1. The van der Waals surface area contributed by atoms with E-state index in [9.17, 15) is 19.2 Å². The van der Waals surface area contributed by atoms with Crippen molar-refractivity contribution in [3.8, 4) is 0 Å². The molecule has 2 atom stereocenters. The molecule has 3 aliphatic rings. The Morgan fingerprint density at radius 2 is 1.76 bits per heavy atom. The number of β-lactam (4-membered cyclic amide) rings is 1. The number of aromatic nitrogens is 1. The second-order valence-electron chi connectivity index (χ2n) is 11.4. The Labute approximate surface area is 216 Å². The highest BCUT2D eigenvalue weighted by atomic mass is 16.6. The normalized spacial score (nSPS) is 23.1. The lowest BCUT2D eigenvalue weighted by molar-refractivity contribution is -0.161. The molecule has 0 spiro atoms. The third-order valence-corrected chi connectivity index (χ3v) is 6.14. The summed E-state index contributed by atoms with van der Waals surface area (Å²) in [6.07, 6.45) is 4.09. The number of nitrogens with one attached hydrogen (secondary N) is 1. The van der Waals surface area contributed by atoms with Gasteiger partial charge in [0.05, 0.1) is 6.04 Å². The van der Waals surface area contributed by atoms with Gasteiger partial charge in [-0.25, -0.2) is 14.6 Å². The van der Waals surface area contributed by atoms with Crippen molar-refractivity contribution in [2.75, 3.05) is 11.4 Å². The first-order valence-electron chi connectivity index (χ1n) is 12.5. The summed E-state index contributed by atoms with van der Waals surface area (Å²) < 4.78 is 10.9. The highest BCUT2D eigenvalue weighted by Gasteiger charge is 2.54. The summed E-state index contributed by atoms with van der Waals surface area (Å²) in [5.74, 6) is -0.675. The van der Waals surface area contributed by atoms with Crippen molar-refractivity contribution in [1.29, 1.82) is 0 Å². The van der Waals surface area contributed by atoms with Gasteiger partial charge in [0.2, 0.25) is 0 Å². The minimum Gasteiger partial charge on any atom is -0.455 e. The molecule has 3 aliphatic heterocycles. The molecule has 10 nitrogen and oxygen atoms in total. The molecule has 0 saturated carbocycles. The van der Waals surface area contributed by atoms with E-state index in [4.69, 9.17) is 9.47 Å². The Morgan fingerprint density at radius 1 is 1.05 bits per heavy atom. The quantitative estimate of drug-likeness (QED) is 0.375. The predicted octanol–water partition coefficient (Wildman–Crippen LogP) is 3.24. The number of fused-ring (bicyclic) bond motifs is 1. The van der Waals surface area contributed by atoms with Crippen LogP contribution in [0, 0.1) is 0 Å². The van der Waals surface area contributed by atoms with E-state index in [0.29, 0.717) is 42.8 Å². The van der Waals surface area contributed by atoms with E-state index < -0.39 is 41.3 Å². The molecule has 4 rings (SSSR count). The minimum absolute atomic E-state index is 0.120. The maximum absolute atomic E-state index is 13.3. The number of nitrogens with zero attached hydrogens (tertiary/aromatic N) is 3. The van der Waals surface area contributed by atoms with Gasteiger partial charge in [-0.05, 0) is 84.6 Å². The molecule has 0 unspecified atom stereocenters. The summed E-state index contributed by atoms with van der Waals surface area (Å²) >= 11 is 0.